The number of nitrogens with zero attached hydrogens (tertiary/aromatic N) is 1. The van der Waals surface area contributed by atoms with Gasteiger partial charge in [-0.25, -0.2) is 0 Å². The Kier molecular flexibility index (Phi) is 21.4. The number of amides is 3. The predicted molar refractivity (Wildman–Crippen MR) is 229 cm³/mol. The van der Waals surface area contributed by atoms with Crippen molar-refractivity contribution in [3.63, 3.8) is 0 Å². The minimum absolute atomic E-state index is 0.153. The Morgan fingerprint density at radius 2 is 1.19 bits per heavy atom. The van der Waals surface area contributed by atoms with Gasteiger partial charge in [-0.3, -0.25) is 14.4 Å². The van der Waals surface area contributed by atoms with Crippen LogP contribution in [0.15, 0.2) is 60.7 Å². The van der Waals surface area contributed by atoms with Gasteiger partial charge >= 0.3 is 0 Å². The molecule has 7 nitrogen and oxygen atoms in total. The van der Waals surface area contributed by atoms with Gasteiger partial charge in [-0.15, -0.1) is 0 Å². The third-order valence-corrected chi connectivity index (χ3v) is 12.3. The quantitative estimate of drug-likeness (QED) is 0.0831. The van der Waals surface area contributed by atoms with Crippen LogP contribution < -0.4 is 16.0 Å². The number of likely N-dealkylation sites (N-methyl/N-ethyl adjacent to an activating group) is 1. The number of hydrogen-bond donors (Lipinski definition) is 3. The molecule has 3 N–H and O–H groups in total. The van der Waals surface area contributed by atoms with E-state index in [0.29, 0.717) is 13.0 Å². The summed E-state index contributed by atoms with van der Waals surface area (Å²) in [6.45, 7) is 10.5. The summed E-state index contributed by atoms with van der Waals surface area (Å²) in [6.07, 6.45) is 22.2. The average Bonchev–Trinajstić information content (AvgIpc) is 3.61. The van der Waals surface area contributed by atoms with Crippen LogP contribution in [0.1, 0.15) is 161 Å². The number of likely N-dealkylation sites (tertiary alicyclic amines) is 1. The van der Waals surface area contributed by atoms with E-state index in [2.05, 4.69) is 22.9 Å². The van der Waals surface area contributed by atoms with Crippen LogP contribution in [0.3, 0.4) is 0 Å². The van der Waals surface area contributed by atoms with Crippen LogP contribution in [-0.2, 0) is 14.4 Å². The van der Waals surface area contributed by atoms with Crippen LogP contribution in [0.25, 0.3) is 0 Å². The molecule has 302 valence electrons. The highest BCUT2D eigenvalue weighted by molar-refractivity contribution is 7.99. The van der Waals surface area contributed by atoms with Gasteiger partial charge in [0.15, 0.2) is 0 Å². The summed E-state index contributed by atoms with van der Waals surface area (Å²) in [4.78, 5) is 43.6. The molecule has 0 aliphatic carbocycles. The number of carbonyl (C=O) groups excluding carboxylic acids is 3. The van der Waals surface area contributed by atoms with Crippen molar-refractivity contribution in [1.82, 2.24) is 20.9 Å². The summed E-state index contributed by atoms with van der Waals surface area (Å²) in [6, 6.07) is 17.8. The molecule has 4 atom stereocenters. The SMILES string of the molecule is CCCCCCCCCCCCCCCCCCS[C@H]1C[C@@H](C(=O)NC(c2ccccc2)c2ccccc2)N(C(=O)[C@@H](NC(=O)[C@H](C)NC)C(C)(C)C)C1. The van der Waals surface area contributed by atoms with Gasteiger partial charge in [0.2, 0.25) is 17.7 Å². The number of nitrogens with one attached hydrogen (secondary N) is 3. The zero-order valence-corrected chi connectivity index (χ0v) is 35.5. The first kappa shape index (κ1) is 45.5. The molecule has 0 bridgehead atoms. The molecular weight excluding hydrogens is 689 g/mol. The maximum atomic E-state index is 14.5. The fourth-order valence-electron chi connectivity index (χ4n) is 7.41. The Balaban J connectivity index is 1.55. The van der Waals surface area contributed by atoms with E-state index < -0.39 is 23.5 Å². The first-order chi connectivity index (χ1) is 26.1. The fourth-order valence-corrected chi connectivity index (χ4v) is 8.70. The summed E-state index contributed by atoms with van der Waals surface area (Å²) in [5.74, 6) is 0.443. The molecule has 2 aromatic carbocycles. The van der Waals surface area contributed by atoms with Gasteiger partial charge in [0.25, 0.3) is 0 Å². The lowest BCUT2D eigenvalue weighted by atomic mass is 9.85. The highest BCUT2D eigenvalue weighted by atomic mass is 32.2. The standard InChI is InChI=1S/C46H74N4O3S/c1-7-8-9-10-11-12-13-14-15-16-17-18-19-20-21-28-33-54-39-34-40(50(35-39)45(53)42(46(3,4)5)49-43(51)36(2)47-6)44(52)48-41(37-29-24-22-25-30-37)38-31-26-23-27-32-38/h22-27,29-32,36,39-42,47H,7-21,28,33-35H2,1-6H3,(H,48,52)(H,49,51)/t36-,39-,40-,42+/m0/s1. The Morgan fingerprint density at radius 1 is 0.722 bits per heavy atom. The number of carbonyl (C=O) groups is 3. The number of hydrogen-bond acceptors (Lipinski definition) is 5. The van der Waals surface area contributed by atoms with Gasteiger partial charge in [-0.05, 0) is 49.1 Å². The van der Waals surface area contributed by atoms with Crippen molar-refractivity contribution < 1.29 is 14.4 Å². The molecule has 0 radical (unpaired) electrons. The van der Waals surface area contributed by atoms with Gasteiger partial charge < -0.3 is 20.9 Å². The van der Waals surface area contributed by atoms with Crippen LogP contribution in [0.5, 0.6) is 0 Å². The molecule has 1 aliphatic rings. The van der Waals surface area contributed by atoms with E-state index in [1.807, 2.05) is 93.2 Å². The molecule has 1 fully saturated rings. The monoisotopic (exact) mass is 763 g/mol. The first-order valence-electron chi connectivity index (χ1n) is 21.4. The first-order valence-corrected chi connectivity index (χ1v) is 22.4. The Bertz CT molecular complexity index is 1290. The fraction of sp³-hybridized carbons (Fsp3) is 0.674. The molecule has 0 aromatic heterocycles. The molecule has 0 saturated carbocycles. The van der Waals surface area contributed by atoms with Crippen molar-refractivity contribution in [2.75, 3.05) is 19.3 Å². The summed E-state index contributed by atoms with van der Waals surface area (Å²) >= 11 is 1.89. The second-order valence-corrected chi connectivity index (χ2v) is 18.0. The smallest absolute Gasteiger partial charge is 0.246 e. The lowest BCUT2D eigenvalue weighted by Crippen LogP contribution is -2.59. The van der Waals surface area contributed by atoms with Crippen LogP contribution >= 0.6 is 11.8 Å². The normalized spacial score (nSPS) is 17.1. The van der Waals surface area contributed by atoms with E-state index in [0.717, 1.165) is 23.3 Å². The number of rotatable bonds is 26. The molecular formula is C46H74N4O3S. The summed E-state index contributed by atoms with van der Waals surface area (Å²) in [7, 11) is 1.73. The van der Waals surface area contributed by atoms with Gasteiger partial charge in [-0.2, -0.15) is 11.8 Å². The van der Waals surface area contributed by atoms with E-state index in [1.54, 1.807) is 18.9 Å². The molecule has 0 unspecified atom stereocenters. The van der Waals surface area contributed by atoms with E-state index >= 15 is 0 Å². The largest absolute Gasteiger partial charge is 0.343 e. The number of benzene rings is 2. The summed E-state index contributed by atoms with van der Waals surface area (Å²) in [5, 5.41) is 9.48. The summed E-state index contributed by atoms with van der Waals surface area (Å²) < 4.78 is 0. The molecule has 2 aromatic rings. The van der Waals surface area contributed by atoms with Crippen LogP contribution in [0, 0.1) is 5.41 Å². The molecule has 3 rings (SSSR count). The predicted octanol–water partition coefficient (Wildman–Crippen LogP) is 10.00. The van der Waals surface area contributed by atoms with E-state index in [1.165, 1.54) is 96.3 Å². The zero-order chi connectivity index (χ0) is 39.2. The third kappa shape index (κ3) is 16.1. The van der Waals surface area contributed by atoms with E-state index in [-0.39, 0.29) is 29.0 Å². The minimum atomic E-state index is -0.765. The van der Waals surface area contributed by atoms with Gasteiger partial charge in [-0.1, -0.05) is 185 Å². The van der Waals surface area contributed by atoms with Crippen LogP contribution in [0.4, 0.5) is 0 Å². The van der Waals surface area contributed by atoms with Crippen molar-refractivity contribution in [2.24, 2.45) is 5.41 Å². The van der Waals surface area contributed by atoms with Gasteiger partial charge in [0.1, 0.15) is 12.1 Å². The second-order valence-electron chi connectivity index (χ2n) is 16.6. The second kappa shape index (κ2) is 25.3. The number of unbranched alkanes of at least 4 members (excludes halogenated alkanes) is 15. The zero-order valence-electron chi connectivity index (χ0n) is 34.7. The Labute approximate surface area is 333 Å². The van der Waals surface area contributed by atoms with Gasteiger partial charge in [0.05, 0.1) is 12.1 Å². The maximum Gasteiger partial charge on any atom is 0.246 e. The topological polar surface area (TPSA) is 90.5 Å². The van der Waals surface area contributed by atoms with Crippen molar-refractivity contribution in [3.05, 3.63) is 71.8 Å². The molecule has 3 amide bonds. The lowest BCUT2D eigenvalue weighted by Gasteiger charge is -2.36. The molecule has 8 heteroatoms. The molecule has 0 spiro atoms. The Morgan fingerprint density at radius 3 is 1.63 bits per heavy atom. The van der Waals surface area contributed by atoms with Crippen molar-refractivity contribution >= 4 is 29.5 Å². The highest BCUT2D eigenvalue weighted by Crippen LogP contribution is 2.33. The molecule has 54 heavy (non-hydrogen) atoms. The number of thioether (sulfide) groups is 1. The average molecular weight is 763 g/mol. The minimum Gasteiger partial charge on any atom is -0.343 e. The summed E-state index contributed by atoms with van der Waals surface area (Å²) in [5.41, 5.74) is 1.43. The molecule has 1 heterocycles. The molecule has 1 aliphatic heterocycles. The van der Waals surface area contributed by atoms with Crippen LogP contribution in [0.2, 0.25) is 0 Å². The van der Waals surface area contributed by atoms with Crippen LogP contribution in [-0.4, -0.2) is 65.3 Å². The molecule has 1 saturated heterocycles. The maximum absolute atomic E-state index is 14.5. The van der Waals surface area contributed by atoms with Crippen molar-refractivity contribution in [1.29, 1.82) is 0 Å². The van der Waals surface area contributed by atoms with Gasteiger partial charge in [0, 0.05) is 11.8 Å². The third-order valence-electron chi connectivity index (χ3n) is 11.0. The van der Waals surface area contributed by atoms with Crippen molar-refractivity contribution in [2.45, 2.75) is 173 Å². The van der Waals surface area contributed by atoms with E-state index in [9.17, 15) is 14.4 Å². The van der Waals surface area contributed by atoms with E-state index in [4.69, 9.17) is 0 Å². The highest BCUT2D eigenvalue weighted by Gasteiger charge is 2.45. The van der Waals surface area contributed by atoms with Crippen molar-refractivity contribution in [3.8, 4) is 0 Å². The Hall–Kier alpha value is -2.84. The lowest BCUT2D eigenvalue weighted by molar-refractivity contribution is -0.144.